The second-order valence-corrected chi connectivity index (χ2v) is 7.85. The Morgan fingerprint density at radius 3 is 1.26 bits per heavy atom. The van der Waals surface area contributed by atoms with Crippen molar-refractivity contribution in [3.63, 3.8) is 0 Å². The number of halogens is 10. The Labute approximate surface area is 144 Å². The van der Waals surface area contributed by atoms with E-state index in [1.165, 1.54) is 0 Å². The van der Waals surface area contributed by atoms with Gasteiger partial charge < -0.3 is 4.13 Å². The van der Waals surface area contributed by atoms with Crippen LogP contribution < -0.4 is 4.57 Å². The van der Waals surface area contributed by atoms with Crippen LogP contribution in [0.2, 0.25) is 0 Å². The lowest BCUT2D eigenvalue weighted by Gasteiger charge is -2.31. The maximum absolute atomic E-state index is 12.3. The standard InChI is InChI=1S/C4F10NO4S2.C4H6N2/c5-1(6,7)3(11,12)20(16,17)15-21(18,19)4(13,14)2(8,9)10;1-6-3-2-5-4-6/h;2-4H,1H3/q-1;/p+1. The number of rotatable bonds is 4. The molecule has 1 aromatic rings. The van der Waals surface area contributed by atoms with Crippen LogP contribution in [0.1, 0.15) is 0 Å². The van der Waals surface area contributed by atoms with Gasteiger partial charge in [-0.25, -0.2) is 21.4 Å². The molecule has 0 saturated carbocycles. The first-order valence-corrected chi connectivity index (χ1v) is 8.58. The van der Waals surface area contributed by atoms with E-state index < -0.39 is 42.9 Å². The van der Waals surface area contributed by atoms with Crippen molar-refractivity contribution in [1.82, 2.24) is 4.98 Å². The molecule has 0 radical (unpaired) electrons. The SMILES string of the molecule is C[n+]1cc[nH]c1.O=S(=O)([N-]S(=O)(=O)C(F)(F)C(F)(F)F)C(F)(F)C(F)(F)F. The molecule has 0 atom stereocenters. The van der Waals surface area contributed by atoms with Crippen molar-refractivity contribution in [3.05, 3.63) is 22.8 Å². The Morgan fingerprint density at radius 2 is 1.11 bits per heavy atom. The Morgan fingerprint density at radius 1 is 0.778 bits per heavy atom. The van der Waals surface area contributed by atoms with Crippen LogP contribution in [0.15, 0.2) is 18.7 Å². The predicted octanol–water partition coefficient (Wildman–Crippen LogP) is 2.17. The number of sulfonamides is 2. The van der Waals surface area contributed by atoms with Gasteiger partial charge in [-0.2, -0.15) is 43.9 Å². The molecule has 1 N–H and O–H groups in total. The molecule has 0 aliphatic rings. The second kappa shape index (κ2) is 7.41. The lowest BCUT2D eigenvalue weighted by Crippen LogP contribution is -2.48. The van der Waals surface area contributed by atoms with Gasteiger partial charge in [-0.3, -0.25) is 4.98 Å². The number of hydrogen-bond donors (Lipinski definition) is 1. The lowest BCUT2D eigenvalue weighted by molar-refractivity contribution is -0.670. The molecule has 0 aliphatic heterocycles. The summed E-state index contributed by atoms with van der Waals surface area (Å²) in [6.07, 6.45) is -8.31. The number of alkyl halides is 10. The summed E-state index contributed by atoms with van der Waals surface area (Å²) in [4.78, 5) is 2.89. The number of nitrogens with zero attached hydrogens (tertiary/aromatic N) is 2. The van der Waals surface area contributed by atoms with Gasteiger partial charge in [-0.05, 0) is 0 Å². The maximum Gasteiger partial charge on any atom is 0.467 e. The van der Waals surface area contributed by atoms with Crippen molar-refractivity contribution in [3.8, 4) is 0 Å². The van der Waals surface area contributed by atoms with Crippen molar-refractivity contribution in [1.29, 1.82) is 0 Å². The average Bonchev–Trinajstić information content (AvgIpc) is 2.86. The third kappa shape index (κ3) is 5.43. The fourth-order valence-corrected chi connectivity index (χ4v) is 3.25. The topological polar surface area (TPSA) is 102 Å². The Bertz CT molecular complexity index is 773. The zero-order valence-corrected chi connectivity index (χ0v) is 14.0. The van der Waals surface area contributed by atoms with Gasteiger partial charge in [0.1, 0.15) is 12.4 Å². The molecule has 1 rings (SSSR count). The van der Waals surface area contributed by atoms with Crippen LogP contribution in [0.3, 0.4) is 0 Å². The molecular weight excluding hydrogens is 456 g/mol. The van der Waals surface area contributed by atoms with Gasteiger partial charge in [0.05, 0.1) is 7.05 Å². The van der Waals surface area contributed by atoms with Crippen molar-refractivity contribution in [2.24, 2.45) is 7.05 Å². The van der Waals surface area contributed by atoms with E-state index in [4.69, 9.17) is 0 Å². The molecule has 0 saturated heterocycles. The molecular formula is C8H7F10N3O4S2. The highest BCUT2D eigenvalue weighted by atomic mass is 32.3. The van der Waals surface area contributed by atoms with E-state index in [0.717, 1.165) is 0 Å². The average molecular weight is 463 g/mol. The minimum Gasteiger partial charge on any atom is -0.425 e. The first kappa shape index (κ1) is 25.4. The molecule has 0 unspecified atom stereocenters. The third-order valence-corrected chi connectivity index (χ3v) is 5.52. The van der Waals surface area contributed by atoms with Crippen molar-refractivity contribution in [2.75, 3.05) is 0 Å². The van der Waals surface area contributed by atoms with E-state index in [0.29, 0.717) is 4.13 Å². The Hall–Kier alpha value is -1.63. The predicted molar refractivity (Wildman–Crippen MR) is 65.2 cm³/mol. The summed E-state index contributed by atoms with van der Waals surface area (Å²) in [6, 6.07) is 0. The van der Waals surface area contributed by atoms with Gasteiger partial charge >= 0.3 is 22.9 Å². The summed E-state index contributed by atoms with van der Waals surface area (Å²) in [5, 5.41) is -14.0. The molecule has 0 amide bonds. The Balaban J connectivity index is 0.000000941. The molecule has 1 aromatic heterocycles. The number of H-pyrrole nitrogens is 1. The summed E-state index contributed by atoms with van der Waals surface area (Å²) in [5.74, 6) is 0. The van der Waals surface area contributed by atoms with Crippen LogP contribution >= 0.6 is 0 Å². The molecule has 160 valence electrons. The van der Waals surface area contributed by atoms with Crippen LogP contribution in [0, 0.1) is 0 Å². The number of imidazole rings is 1. The smallest absolute Gasteiger partial charge is 0.425 e. The van der Waals surface area contributed by atoms with Gasteiger partial charge in [0, 0.05) is 0 Å². The van der Waals surface area contributed by atoms with Gasteiger partial charge in [-0.1, -0.05) is 0 Å². The molecule has 27 heavy (non-hydrogen) atoms. The monoisotopic (exact) mass is 463 g/mol. The van der Waals surface area contributed by atoms with Crippen molar-refractivity contribution < 1.29 is 65.3 Å². The number of aromatic amines is 1. The number of nitrogens with one attached hydrogen (secondary N) is 1. The fourth-order valence-electron chi connectivity index (χ4n) is 0.880. The minimum absolute atomic E-state index is 0.422. The summed E-state index contributed by atoms with van der Waals surface area (Å²) in [5.41, 5.74) is 0. The third-order valence-electron chi connectivity index (χ3n) is 2.19. The van der Waals surface area contributed by atoms with Gasteiger partial charge in [0.25, 0.3) is 0 Å². The van der Waals surface area contributed by atoms with E-state index in [1.807, 2.05) is 30.3 Å². The second-order valence-electron chi connectivity index (χ2n) is 4.33. The van der Waals surface area contributed by atoms with Crippen molar-refractivity contribution in [2.45, 2.75) is 22.9 Å². The van der Waals surface area contributed by atoms with Gasteiger partial charge in [0.15, 0.2) is 20.0 Å². The summed E-state index contributed by atoms with van der Waals surface area (Å²) in [6.45, 7) is 0. The molecule has 0 bridgehead atoms. The van der Waals surface area contributed by atoms with Gasteiger partial charge in [-0.15, -0.1) is 0 Å². The van der Waals surface area contributed by atoms with Crippen molar-refractivity contribution >= 4 is 20.0 Å². The summed E-state index contributed by atoms with van der Waals surface area (Å²) in [7, 11) is -13.3. The van der Waals surface area contributed by atoms with E-state index in [1.54, 1.807) is 0 Å². The lowest BCUT2D eigenvalue weighted by atomic mass is 10.7. The number of aromatic nitrogens is 2. The first-order valence-electron chi connectivity index (χ1n) is 5.70. The highest BCUT2D eigenvalue weighted by Crippen LogP contribution is 2.47. The van der Waals surface area contributed by atoms with E-state index >= 15 is 0 Å². The molecule has 0 spiro atoms. The van der Waals surface area contributed by atoms with Crippen LogP contribution in [0.5, 0.6) is 0 Å². The molecule has 7 nitrogen and oxygen atoms in total. The quantitative estimate of drug-likeness (QED) is 0.546. The number of hydrogen-bond acceptors (Lipinski definition) is 4. The zero-order valence-electron chi connectivity index (χ0n) is 12.4. The van der Waals surface area contributed by atoms with Crippen LogP contribution in [0.4, 0.5) is 43.9 Å². The number of aryl methyl sites for hydroxylation is 1. The van der Waals surface area contributed by atoms with E-state index in [2.05, 4.69) is 4.98 Å². The van der Waals surface area contributed by atoms with Crippen LogP contribution in [-0.2, 0) is 27.1 Å². The summed E-state index contributed by atoms with van der Waals surface area (Å²) < 4.78 is 163. The van der Waals surface area contributed by atoms with Crippen LogP contribution in [0.25, 0.3) is 4.13 Å². The van der Waals surface area contributed by atoms with E-state index in [9.17, 15) is 60.7 Å². The molecule has 0 aliphatic carbocycles. The normalized spacial score (nSPS) is 14.5. The first-order chi connectivity index (χ1) is 11.6. The highest BCUT2D eigenvalue weighted by molar-refractivity contribution is 8.13. The zero-order chi connectivity index (χ0) is 22.1. The minimum atomic E-state index is -7.62. The molecule has 0 aromatic carbocycles. The van der Waals surface area contributed by atoms with Gasteiger partial charge in [0.2, 0.25) is 6.33 Å². The summed E-state index contributed by atoms with van der Waals surface area (Å²) >= 11 is 0. The fraction of sp³-hybridized carbons (Fsp3) is 0.625. The molecule has 1 heterocycles. The van der Waals surface area contributed by atoms with E-state index in [-0.39, 0.29) is 0 Å². The largest absolute Gasteiger partial charge is 0.467 e. The highest BCUT2D eigenvalue weighted by Gasteiger charge is 2.68. The molecule has 19 heteroatoms. The maximum atomic E-state index is 12.3. The Kier molecular flexibility index (Phi) is 6.97. The van der Waals surface area contributed by atoms with Crippen LogP contribution in [-0.4, -0.2) is 44.7 Å². The molecule has 0 fully saturated rings.